The normalized spacial score (nSPS) is 11.4. The van der Waals surface area contributed by atoms with Crippen molar-refractivity contribution < 1.29 is 0 Å². The molecular formula is C7H14N2. The summed E-state index contributed by atoms with van der Waals surface area (Å²) in [6.45, 7) is 5.03. The first-order valence-electron chi connectivity index (χ1n) is 3.16. The second-order valence-electron chi connectivity index (χ2n) is 1.82. The predicted octanol–water partition coefficient (Wildman–Crippen LogP) is 1.50. The van der Waals surface area contributed by atoms with E-state index in [4.69, 9.17) is 0 Å². The van der Waals surface area contributed by atoms with Gasteiger partial charge >= 0.3 is 0 Å². The molecule has 52 valence electrons. The number of rotatable bonds is 3. The number of hydrogen-bond donors (Lipinski definition) is 0. The molecule has 0 aromatic rings. The lowest BCUT2D eigenvalue weighted by Gasteiger charge is -2.06. The van der Waals surface area contributed by atoms with Crippen LogP contribution >= 0.6 is 0 Å². The van der Waals surface area contributed by atoms with Crippen LogP contribution in [-0.4, -0.2) is 24.8 Å². The van der Waals surface area contributed by atoms with Crippen molar-refractivity contribution in [3.8, 4) is 0 Å². The molecule has 9 heavy (non-hydrogen) atoms. The fourth-order valence-electron chi connectivity index (χ4n) is 0.320. The van der Waals surface area contributed by atoms with Crippen molar-refractivity contribution in [2.45, 2.75) is 13.8 Å². The summed E-state index contributed by atoms with van der Waals surface area (Å²) < 4.78 is 0. The van der Waals surface area contributed by atoms with Crippen molar-refractivity contribution >= 4 is 6.34 Å². The van der Waals surface area contributed by atoms with Crippen LogP contribution in [0.3, 0.4) is 0 Å². The van der Waals surface area contributed by atoms with Crippen molar-refractivity contribution in [2.24, 2.45) is 4.99 Å². The van der Waals surface area contributed by atoms with Crippen LogP contribution in [0, 0.1) is 0 Å². The van der Waals surface area contributed by atoms with Crippen LogP contribution in [0.15, 0.2) is 17.3 Å². The average molecular weight is 126 g/mol. The summed E-state index contributed by atoms with van der Waals surface area (Å²) >= 11 is 0. The van der Waals surface area contributed by atoms with Crippen LogP contribution in [0.5, 0.6) is 0 Å². The van der Waals surface area contributed by atoms with E-state index in [2.05, 4.69) is 11.9 Å². The van der Waals surface area contributed by atoms with Gasteiger partial charge < -0.3 is 4.90 Å². The lowest BCUT2D eigenvalue weighted by atomic mass is 10.7. The molecule has 0 atom stereocenters. The minimum absolute atomic E-state index is 1.00. The van der Waals surface area contributed by atoms with Gasteiger partial charge in [-0.3, -0.25) is 0 Å². The summed E-state index contributed by atoms with van der Waals surface area (Å²) in [5.74, 6) is 0. The molecular weight excluding hydrogens is 112 g/mol. The van der Waals surface area contributed by atoms with Gasteiger partial charge in [-0.1, -0.05) is 6.08 Å². The standard InChI is InChI=1S/C7H14N2/c1-4-6-8-7-9(3)5-2/h4,6-7H,5H2,1-3H3/b6-4+,8-7-. The highest BCUT2D eigenvalue weighted by atomic mass is 15.1. The van der Waals surface area contributed by atoms with E-state index in [-0.39, 0.29) is 0 Å². The second-order valence-corrected chi connectivity index (χ2v) is 1.82. The molecule has 0 heterocycles. The van der Waals surface area contributed by atoms with Gasteiger partial charge in [0.2, 0.25) is 0 Å². The molecule has 0 fully saturated rings. The molecule has 0 aliphatic carbocycles. The van der Waals surface area contributed by atoms with Crippen LogP contribution in [0.4, 0.5) is 0 Å². The molecule has 0 aliphatic rings. The Kier molecular flexibility index (Phi) is 4.88. The van der Waals surface area contributed by atoms with Crippen LogP contribution in [0.2, 0.25) is 0 Å². The van der Waals surface area contributed by atoms with Gasteiger partial charge in [-0.05, 0) is 13.8 Å². The molecule has 0 amide bonds. The molecule has 2 heteroatoms. The van der Waals surface area contributed by atoms with Crippen LogP contribution in [0.25, 0.3) is 0 Å². The molecule has 0 unspecified atom stereocenters. The third-order valence-electron chi connectivity index (χ3n) is 0.998. The average Bonchev–Trinajstić information content (AvgIpc) is 1.89. The van der Waals surface area contributed by atoms with Crippen LogP contribution < -0.4 is 0 Å². The monoisotopic (exact) mass is 126 g/mol. The molecule has 0 aromatic heterocycles. The summed E-state index contributed by atoms with van der Waals surface area (Å²) in [5.41, 5.74) is 0. The first-order chi connectivity index (χ1) is 4.31. The summed E-state index contributed by atoms with van der Waals surface area (Å²) in [6, 6.07) is 0. The zero-order chi connectivity index (χ0) is 7.11. The molecule has 2 nitrogen and oxygen atoms in total. The number of allylic oxidation sites excluding steroid dienone is 1. The smallest absolute Gasteiger partial charge is 0.0902 e. The van der Waals surface area contributed by atoms with E-state index in [0.717, 1.165) is 6.54 Å². The Morgan fingerprint density at radius 1 is 1.56 bits per heavy atom. The second kappa shape index (κ2) is 5.35. The molecule has 0 radical (unpaired) electrons. The molecule has 0 bridgehead atoms. The first kappa shape index (κ1) is 8.21. The molecule has 0 N–H and O–H groups in total. The number of aliphatic imine (C=N–C) groups is 1. The minimum atomic E-state index is 1.00. The van der Waals surface area contributed by atoms with E-state index in [0.29, 0.717) is 0 Å². The van der Waals surface area contributed by atoms with Gasteiger partial charge in [0.15, 0.2) is 0 Å². The molecule has 0 aliphatic heterocycles. The molecule has 0 saturated heterocycles. The highest BCUT2D eigenvalue weighted by molar-refractivity contribution is 5.55. The van der Waals surface area contributed by atoms with E-state index < -0.39 is 0 Å². The van der Waals surface area contributed by atoms with E-state index in [1.807, 2.05) is 24.9 Å². The lowest BCUT2D eigenvalue weighted by Crippen LogP contribution is -2.14. The van der Waals surface area contributed by atoms with Gasteiger partial charge in [-0.2, -0.15) is 0 Å². The van der Waals surface area contributed by atoms with Crippen LogP contribution in [-0.2, 0) is 0 Å². The fourth-order valence-corrected chi connectivity index (χ4v) is 0.320. The van der Waals surface area contributed by atoms with Crippen molar-refractivity contribution in [3.05, 3.63) is 12.3 Å². The highest BCUT2D eigenvalue weighted by Gasteiger charge is 1.79. The SMILES string of the molecule is C/C=C/N=C\N(C)CC. The first-order valence-corrected chi connectivity index (χ1v) is 3.16. The summed E-state index contributed by atoms with van der Waals surface area (Å²) in [6.07, 6.45) is 5.48. The summed E-state index contributed by atoms with van der Waals surface area (Å²) in [7, 11) is 1.99. The molecule has 0 spiro atoms. The molecule has 0 aromatic carbocycles. The summed E-state index contributed by atoms with van der Waals surface area (Å²) in [4.78, 5) is 5.99. The van der Waals surface area contributed by atoms with Gasteiger partial charge in [0.1, 0.15) is 0 Å². The van der Waals surface area contributed by atoms with Gasteiger partial charge in [0.05, 0.1) is 6.34 Å². The van der Waals surface area contributed by atoms with Crippen molar-refractivity contribution in [2.75, 3.05) is 13.6 Å². The molecule has 0 saturated carbocycles. The van der Waals surface area contributed by atoms with E-state index >= 15 is 0 Å². The topological polar surface area (TPSA) is 15.6 Å². The van der Waals surface area contributed by atoms with Gasteiger partial charge in [-0.25, -0.2) is 4.99 Å². The number of nitrogens with zero attached hydrogens (tertiary/aromatic N) is 2. The third-order valence-corrected chi connectivity index (χ3v) is 0.998. The highest BCUT2D eigenvalue weighted by Crippen LogP contribution is 1.75. The zero-order valence-electron chi connectivity index (χ0n) is 6.33. The van der Waals surface area contributed by atoms with Crippen LogP contribution in [0.1, 0.15) is 13.8 Å². The van der Waals surface area contributed by atoms with Gasteiger partial charge in [-0.15, -0.1) is 0 Å². The maximum Gasteiger partial charge on any atom is 0.0902 e. The Morgan fingerprint density at radius 3 is 2.67 bits per heavy atom. The maximum atomic E-state index is 3.98. The van der Waals surface area contributed by atoms with E-state index in [1.54, 1.807) is 12.5 Å². The Hall–Kier alpha value is -0.790. The van der Waals surface area contributed by atoms with E-state index in [9.17, 15) is 0 Å². The minimum Gasteiger partial charge on any atom is -0.366 e. The predicted molar refractivity (Wildman–Crippen MR) is 41.6 cm³/mol. The number of hydrogen-bond acceptors (Lipinski definition) is 1. The fraction of sp³-hybridized carbons (Fsp3) is 0.571. The van der Waals surface area contributed by atoms with E-state index in [1.165, 1.54) is 0 Å². The quantitative estimate of drug-likeness (QED) is 0.413. The Bertz CT molecular complexity index is 105. The van der Waals surface area contributed by atoms with Gasteiger partial charge in [0, 0.05) is 19.8 Å². The third kappa shape index (κ3) is 5.07. The Balaban J connectivity index is 3.43. The zero-order valence-corrected chi connectivity index (χ0v) is 6.33. The van der Waals surface area contributed by atoms with Crippen molar-refractivity contribution in [3.63, 3.8) is 0 Å². The van der Waals surface area contributed by atoms with Gasteiger partial charge in [0.25, 0.3) is 0 Å². The van der Waals surface area contributed by atoms with Crippen molar-refractivity contribution in [1.82, 2.24) is 4.90 Å². The summed E-state index contributed by atoms with van der Waals surface area (Å²) in [5, 5.41) is 0. The Labute approximate surface area is 56.9 Å². The molecule has 0 rings (SSSR count). The largest absolute Gasteiger partial charge is 0.366 e. The van der Waals surface area contributed by atoms with Crippen molar-refractivity contribution in [1.29, 1.82) is 0 Å². The maximum absolute atomic E-state index is 3.98. The lowest BCUT2D eigenvalue weighted by molar-refractivity contribution is 0.552. The Morgan fingerprint density at radius 2 is 2.22 bits per heavy atom.